The standard InChI is InChI=1S/C30H22N4O2S/c1-2-18-36-28-17-16-21-8-6-7-11-25(21)26(28)19-31-34-29(35)23-14-12-22(13-15-23)27-20-37-30(33-27)32-24-9-4-3-5-10-24/h1,3-17,19-20H,18H2,(H,32,33)(H,34,35)/b31-19-. The number of terminal acetylenes is 1. The van der Waals surface area contributed by atoms with Gasteiger partial charge in [0.15, 0.2) is 5.13 Å². The Labute approximate surface area is 218 Å². The minimum atomic E-state index is -0.321. The van der Waals surface area contributed by atoms with E-state index in [0.29, 0.717) is 11.3 Å². The lowest BCUT2D eigenvalue weighted by atomic mass is 10.0. The minimum absolute atomic E-state index is 0.140. The average molecular weight is 503 g/mol. The molecular formula is C30H22N4O2S. The fourth-order valence-corrected chi connectivity index (χ4v) is 4.51. The summed E-state index contributed by atoms with van der Waals surface area (Å²) in [5.41, 5.74) is 6.56. The molecule has 0 saturated carbocycles. The Hall–Kier alpha value is -4.93. The van der Waals surface area contributed by atoms with E-state index in [9.17, 15) is 4.79 Å². The van der Waals surface area contributed by atoms with Gasteiger partial charge >= 0.3 is 0 Å². The van der Waals surface area contributed by atoms with Crippen LogP contribution in [-0.2, 0) is 0 Å². The fraction of sp³-hybridized carbons (Fsp3) is 0.0333. The summed E-state index contributed by atoms with van der Waals surface area (Å²) in [6.07, 6.45) is 6.93. The van der Waals surface area contributed by atoms with Crippen molar-refractivity contribution in [2.24, 2.45) is 5.10 Å². The summed E-state index contributed by atoms with van der Waals surface area (Å²) < 4.78 is 5.68. The molecule has 1 aromatic heterocycles. The Kier molecular flexibility index (Phi) is 7.21. The van der Waals surface area contributed by atoms with E-state index < -0.39 is 0 Å². The molecule has 5 aromatic rings. The van der Waals surface area contributed by atoms with Crippen molar-refractivity contribution in [1.29, 1.82) is 0 Å². The molecule has 1 heterocycles. The Balaban J connectivity index is 1.27. The minimum Gasteiger partial charge on any atom is -0.480 e. The van der Waals surface area contributed by atoms with Gasteiger partial charge in [0.05, 0.1) is 11.9 Å². The molecule has 180 valence electrons. The maximum absolute atomic E-state index is 12.7. The van der Waals surface area contributed by atoms with Gasteiger partial charge in [0.2, 0.25) is 0 Å². The van der Waals surface area contributed by atoms with Crippen LogP contribution in [0.2, 0.25) is 0 Å². The van der Waals surface area contributed by atoms with Crippen molar-refractivity contribution >= 4 is 45.0 Å². The molecule has 1 amide bonds. The molecular weight excluding hydrogens is 480 g/mol. The van der Waals surface area contributed by atoms with Gasteiger partial charge in [0.25, 0.3) is 5.91 Å². The lowest BCUT2D eigenvalue weighted by Gasteiger charge is -2.10. The van der Waals surface area contributed by atoms with E-state index in [1.165, 1.54) is 11.3 Å². The topological polar surface area (TPSA) is 75.6 Å². The van der Waals surface area contributed by atoms with Crippen LogP contribution in [-0.4, -0.2) is 23.7 Å². The van der Waals surface area contributed by atoms with Gasteiger partial charge in [0, 0.05) is 27.8 Å². The van der Waals surface area contributed by atoms with Crippen molar-refractivity contribution in [3.8, 4) is 29.4 Å². The van der Waals surface area contributed by atoms with Crippen LogP contribution in [0, 0.1) is 12.3 Å². The zero-order valence-electron chi connectivity index (χ0n) is 19.7. The number of hydrazone groups is 1. The lowest BCUT2D eigenvalue weighted by Crippen LogP contribution is -2.17. The predicted molar refractivity (Wildman–Crippen MR) is 151 cm³/mol. The Morgan fingerprint density at radius 1 is 1.00 bits per heavy atom. The molecule has 0 bridgehead atoms. The van der Waals surface area contributed by atoms with Crippen molar-refractivity contribution in [2.45, 2.75) is 0 Å². The summed E-state index contributed by atoms with van der Waals surface area (Å²) in [7, 11) is 0. The molecule has 4 aromatic carbocycles. The molecule has 0 saturated heterocycles. The van der Waals surface area contributed by atoms with E-state index >= 15 is 0 Å². The van der Waals surface area contributed by atoms with Crippen LogP contribution >= 0.6 is 11.3 Å². The monoisotopic (exact) mass is 502 g/mol. The summed E-state index contributed by atoms with van der Waals surface area (Å²) in [5.74, 6) is 2.75. The van der Waals surface area contributed by atoms with E-state index in [2.05, 4.69) is 26.7 Å². The van der Waals surface area contributed by atoms with E-state index in [0.717, 1.165) is 38.4 Å². The van der Waals surface area contributed by atoms with E-state index in [1.807, 2.05) is 84.2 Å². The van der Waals surface area contributed by atoms with Crippen molar-refractivity contribution in [1.82, 2.24) is 10.4 Å². The Morgan fingerprint density at radius 2 is 1.78 bits per heavy atom. The van der Waals surface area contributed by atoms with Crippen LogP contribution in [0.3, 0.4) is 0 Å². The third-order valence-corrected chi connectivity index (χ3v) is 6.33. The molecule has 2 N–H and O–H groups in total. The van der Waals surface area contributed by atoms with Crippen LogP contribution in [0.15, 0.2) is 101 Å². The molecule has 0 spiro atoms. The van der Waals surface area contributed by atoms with Gasteiger partial charge in [-0.15, -0.1) is 17.8 Å². The number of anilines is 2. The molecule has 5 rings (SSSR count). The molecule has 0 fully saturated rings. The lowest BCUT2D eigenvalue weighted by molar-refractivity contribution is 0.0955. The van der Waals surface area contributed by atoms with E-state index in [1.54, 1.807) is 18.3 Å². The number of carbonyl (C=O) groups excluding carboxylic acids is 1. The Bertz CT molecular complexity index is 1600. The van der Waals surface area contributed by atoms with Crippen LogP contribution < -0.4 is 15.5 Å². The molecule has 0 radical (unpaired) electrons. The zero-order valence-corrected chi connectivity index (χ0v) is 20.5. The van der Waals surface area contributed by atoms with Crippen LogP contribution in [0.4, 0.5) is 10.8 Å². The fourth-order valence-electron chi connectivity index (χ4n) is 3.78. The number of hydrogen-bond donors (Lipinski definition) is 2. The second kappa shape index (κ2) is 11.2. The number of para-hydroxylation sites is 1. The van der Waals surface area contributed by atoms with Gasteiger partial charge in [-0.25, -0.2) is 10.4 Å². The number of nitrogens with zero attached hydrogens (tertiary/aromatic N) is 2. The number of fused-ring (bicyclic) bond motifs is 1. The van der Waals surface area contributed by atoms with Crippen molar-refractivity contribution in [3.63, 3.8) is 0 Å². The summed E-state index contributed by atoms with van der Waals surface area (Å²) >= 11 is 1.52. The first-order valence-electron chi connectivity index (χ1n) is 11.5. The molecule has 0 aliphatic rings. The van der Waals surface area contributed by atoms with Crippen LogP contribution in [0.5, 0.6) is 5.75 Å². The number of carbonyl (C=O) groups is 1. The SMILES string of the molecule is C#CCOc1ccc2ccccc2c1/C=N\NC(=O)c1ccc(-c2csc(Nc3ccccc3)n2)cc1. The van der Waals surface area contributed by atoms with Crippen molar-refractivity contribution < 1.29 is 9.53 Å². The summed E-state index contributed by atoms with van der Waals surface area (Å²) in [5, 5.41) is 12.2. The smallest absolute Gasteiger partial charge is 0.271 e. The third kappa shape index (κ3) is 5.67. The van der Waals surface area contributed by atoms with Crippen molar-refractivity contribution in [2.75, 3.05) is 11.9 Å². The molecule has 0 aliphatic carbocycles. The average Bonchev–Trinajstić information content (AvgIpc) is 3.41. The largest absolute Gasteiger partial charge is 0.480 e. The van der Waals surface area contributed by atoms with E-state index in [-0.39, 0.29) is 12.5 Å². The van der Waals surface area contributed by atoms with Gasteiger partial charge in [0.1, 0.15) is 12.4 Å². The molecule has 37 heavy (non-hydrogen) atoms. The highest BCUT2D eigenvalue weighted by Crippen LogP contribution is 2.28. The first-order valence-corrected chi connectivity index (χ1v) is 12.4. The van der Waals surface area contributed by atoms with Gasteiger partial charge in [-0.3, -0.25) is 4.79 Å². The molecule has 0 aliphatic heterocycles. The highest BCUT2D eigenvalue weighted by Gasteiger charge is 2.10. The predicted octanol–water partition coefficient (Wildman–Crippen LogP) is 6.48. The first kappa shape index (κ1) is 23.8. The van der Waals surface area contributed by atoms with Crippen LogP contribution in [0.1, 0.15) is 15.9 Å². The van der Waals surface area contributed by atoms with E-state index in [4.69, 9.17) is 11.2 Å². The summed E-state index contributed by atoms with van der Waals surface area (Å²) in [6, 6.07) is 28.8. The Morgan fingerprint density at radius 3 is 2.59 bits per heavy atom. The number of nitrogens with one attached hydrogen (secondary N) is 2. The van der Waals surface area contributed by atoms with Gasteiger partial charge in [-0.05, 0) is 41.1 Å². The van der Waals surface area contributed by atoms with Gasteiger partial charge < -0.3 is 10.1 Å². The highest BCUT2D eigenvalue weighted by molar-refractivity contribution is 7.14. The first-order chi connectivity index (χ1) is 18.2. The van der Waals surface area contributed by atoms with Crippen LogP contribution in [0.25, 0.3) is 22.0 Å². The number of aromatic nitrogens is 1. The zero-order chi connectivity index (χ0) is 25.5. The normalized spacial score (nSPS) is 10.8. The number of ether oxygens (including phenoxy) is 1. The second-order valence-corrected chi connectivity index (χ2v) is 8.85. The summed E-state index contributed by atoms with van der Waals surface area (Å²) in [6.45, 7) is 0.140. The molecule has 6 nitrogen and oxygen atoms in total. The summed E-state index contributed by atoms with van der Waals surface area (Å²) in [4.78, 5) is 17.4. The number of amides is 1. The van der Waals surface area contributed by atoms with Gasteiger partial charge in [-0.2, -0.15) is 5.10 Å². The molecule has 0 unspecified atom stereocenters. The maximum atomic E-state index is 12.7. The molecule has 7 heteroatoms. The quantitative estimate of drug-likeness (QED) is 0.145. The second-order valence-electron chi connectivity index (χ2n) is 8.00. The number of rotatable bonds is 8. The third-order valence-electron chi connectivity index (χ3n) is 5.57. The molecule has 0 atom stereocenters. The van der Waals surface area contributed by atoms with Gasteiger partial charge in [-0.1, -0.05) is 66.6 Å². The highest BCUT2D eigenvalue weighted by atomic mass is 32.1. The maximum Gasteiger partial charge on any atom is 0.271 e. The number of benzene rings is 4. The number of thiazole rings is 1. The number of hydrogen-bond acceptors (Lipinski definition) is 6. The van der Waals surface area contributed by atoms with Crippen molar-refractivity contribution in [3.05, 3.63) is 108 Å².